The molecule has 0 aliphatic rings. The molecule has 1 aromatic carbocycles. The van der Waals surface area contributed by atoms with Gasteiger partial charge >= 0.3 is 0 Å². The van der Waals surface area contributed by atoms with Gasteiger partial charge in [-0.25, -0.2) is 0 Å². The van der Waals surface area contributed by atoms with Crippen LogP contribution in [0.4, 0.5) is 0 Å². The van der Waals surface area contributed by atoms with E-state index in [1.54, 1.807) is 0 Å². The Kier molecular flexibility index (Phi) is 2.69. The molecule has 84 valence electrons. The molecule has 0 saturated heterocycles. The van der Waals surface area contributed by atoms with Gasteiger partial charge in [0, 0.05) is 18.3 Å². The number of aromatic nitrogens is 1. The van der Waals surface area contributed by atoms with Gasteiger partial charge in [0.15, 0.2) is 0 Å². The van der Waals surface area contributed by atoms with Crippen LogP contribution in [0.3, 0.4) is 0 Å². The molecule has 0 spiro atoms. The van der Waals surface area contributed by atoms with E-state index in [0.29, 0.717) is 6.54 Å². The van der Waals surface area contributed by atoms with Crippen molar-refractivity contribution in [2.24, 2.45) is 11.7 Å². The van der Waals surface area contributed by atoms with Gasteiger partial charge in [-0.3, -0.25) is 4.79 Å². The molecule has 1 amide bonds. The van der Waals surface area contributed by atoms with Gasteiger partial charge in [-0.2, -0.15) is 0 Å². The highest BCUT2D eigenvalue weighted by Gasteiger charge is 2.10. The Labute approximate surface area is 94.9 Å². The first-order valence-corrected chi connectivity index (χ1v) is 5.43. The number of primary amides is 1. The first-order valence-electron chi connectivity index (χ1n) is 5.43. The lowest BCUT2D eigenvalue weighted by atomic mass is 10.1. The van der Waals surface area contributed by atoms with Crippen molar-refractivity contribution in [1.29, 1.82) is 0 Å². The highest BCUT2D eigenvalue weighted by Crippen LogP contribution is 2.18. The summed E-state index contributed by atoms with van der Waals surface area (Å²) in [6.07, 6.45) is 2.00. The van der Waals surface area contributed by atoms with Gasteiger partial charge in [0.25, 0.3) is 0 Å². The largest absolute Gasteiger partial charge is 0.369 e. The predicted molar refractivity (Wildman–Crippen MR) is 65.0 cm³/mol. The van der Waals surface area contributed by atoms with Crippen molar-refractivity contribution >= 4 is 16.8 Å². The van der Waals surface area contributed by atoms with Crippen molar-refractivity contribution in [3.05, 3.63) is 36.0 Å². The van der Waals surface area contributed by atoms with Gasteiger partial charge in [0.2, 0.25) is 5.91 Å². The molecule has 16 heavy (non-hydrogen) atoms. The molecule has 2 N–H and O–H groups in total. The molecule has 2 rings (SSSR count). The van der Waals surface area contributed by atoms with Gasteiger partial charge in [0.1, 0.15) is 0 Å². The molecule has 1 heterocycles. The minimum atomic E-state index is -0.256. The zero-order chi connectivity index (χ0) is 11.7. The van der Waals surface area contributed by atoms with E-state index in [2.05, 4.69) is 35.8 Å². The first-order chi connectivity index (χ1) is 7.58. The van der Waals surface area contributed by atoms with Gasteiger partial charge < -0.3 is 10.3 Å². The number of fused-ring (bicyclic) bond motifs is 1. The quantitative estimate of drug-likeness (QED) is 0.838. The summed E-state index contributed by atoms with van der Waals surface area (Å²) in [5.74, 6) is -0.397. The number of hydrogen-bond donors (Lipinski definition) is 1. The number of benzene rings is 1. The molecule has 0 bridgehead atoms. The van der Waals surface area contributed by atoms with Crippen LogP contribution in [0.25, 0.3) is 10.9 Å². The summed E-state index contributed by atoms with van der Waals surface area (Å²) in [5.41, 5.74) is 7.66. The van der Waals surface area contributed by atoms with Crippen LogP contribution in [0, 0.1) is 12.8 Å². The second-order valence-electron chi connectivity index (χ2n) is 4.33. The summed E-state index contributed by atoms with van der Waals surface area (Å²) >= 11 is 0. The smallest absolute Gasteiger partial charge is 0.222 e. The lowest BCUT2D eigenvalue weighted by Gasteiger charge is -2.09. The molecule has 1 unspecified atom stereocenters. The maximum Gasteiger partial charge on any atom is 0.222 e. The maximum absolute atomic E-state index is 11.0. The zero-order valence-electron chi connectivity index (χ0n) is 9.60. The van der Waals surface area contributed by atoms with Crippen molar-refractivity contribution in [3.8, 4) is 0 Å². The molecule has 1 aromatic heterocycles. The summed E-state index contributed by atoms with van der Waals surface area (Å²) in [6, 6.07) is 8.36. The van der Waals surface area contributed by atoms with Crippen LogP contribution in [0.5, 0.6) is 0 Å². The monoisotopic (exact) mass is 216 g/mol. The minimum Gasteiger partial charge on any atom is -0.369 e. The molecule has 2 aromatic rings. The Morgan fingerprint density at radius 3 is 2.88 bits per heavy atom. The minimum absolute atomic E-state index is 0.142. The Morgan fingerprint density at radius 1 is 1.44 bits per heavy atom. The normalized spacial score (nSPS) is 12.9. The third kappa shape index (κ3) is 1.94. The van der Waals surface area contributed by atoms with Gasteiger partial charge in [-0.1, -0.05) is 18.6 Å². The van der Waals surface area contributed by atoms with E-state index >= 15 is 0 Å². The number of nitrogens with two attached hydrogens (primary N) is 1. The number of amides is 1. The van der Waals surface area contributed by atoms with E-state index < -0.39 is 0 Å². The highest BCUT2D eigenvalue weighted by molar-refractivity contribution is 5.81. The summed E-state index contributed by atoms with van der Waals surface area (Å²) in [7, 11) is 0. The van der Waals surface area contributed by atoms with E-state index in [0.717, 1.165) is 5.52 Å². The van der Waals surface area contributed by atoms with E-state index in [9.17, 15) is 4.79 Å². The van der Waals surface area contributed by atoms with Crippen LogP contribution in [0.15, 0.2) is 30.5 Å². The Balaban J connectivity index is 2.35. The second-order valence-corrected chi connectivity index (χ2v) is 4.33. The molecule has 3 nitrogen and oxygen atoms in total. The van der Waals surface area contributed by atoms with Crippen LogP contribution in [0.2, 0.25) is 0 Å². The summed E-state index contributed by atoms with van der Waals surface area (Å²) in [5, 5.41) is 1.21. The number of carbonyl (C=O) groups excluding carboxylic acids is 1. The lowest BCUT2D eigenvalue weighted by molar-refractivity contribution is -0.121. The molecule has 0 radical (unpaired) electrons. The average Bonchev–Trinajstić information content (AvgIpc) is 2.60. The fourth-order valence-electron chi connectivity index (χ4n) is 1.86. The fraction of sp³-hybridized carbons (Fsp3) is 0.308. The number of rotatable bonds is 3. The third-order valence-corrected chi connectivity index (χ3v) is 2.88. The van der Waals surface area contributed by atoms with Crippen LogP contribution in [-0.4, -0.2) is 10.5 Å². The zero-order valence-corrected chi connectivity index (χ0v) is 9.60. The van der Waals surface area contributed by atoms with Gasteiger partial charge in [0.05, 0.1) is 5.92 Å². The SMILES string of the molecule is Cc1ccc2c(ccn2CC(C)C(N)=O)c1. The van der Waals surface area contributed by atoms with Crippen molar-refractivity contribution in [2.75, 3.05) is 0 Å². The number of carbonyl (C=O) groups is 1. The van der Waals surface area contributed by atoms with Gasteiger partial charge in [-0.15, -0.1) is 0 Å². The van der Waals surface area contributed by atoms with E-state index in [1.165, 1.54) is 10.9 Å². The number of nitrogens with zero attached hydrogens (tertiary/aromatic N) is 1. The standard InChI is InChI=1S/C13H16N2O/c1-9-3-4-12-11(7-9)5-6-15(12)8-10(2)13(14)16/h3-7,10H,8H2,1-2H3,(H2,14,16). The summed E-state index contributed by atoms with van der Waals surface area (Å²) in [6.45, 7) is 4.56. The molecule has 0 aliphatic heterocycles. The van der Waals surface area contributed by atoms with Crippen molar-refractivity contribution in [2.45, 2.75) is 20.4 Å². The van der Waals surface area contributed by atoms with Crippen LogP contribution in [-0.2, 0) is 11.3 Å². The van der Waals surface area contributed by atoms with Crippen LogP contribution in [0.1, 0.15) is 12.5 Å². The van der Waals surface area contributed by atoms with E-state index in [1.807, 2.05) is 13.1 Å². The molecular weight excluding hydrogens is 200 g/mol. The fourth-order valence-corrected chi connectivity index (χ4v) is 1.86. The van der Waals surface area contributed by atoms with Crippen molar-refractivity contribution in [3.63, 3.8) is 0 Å². The Hall–Kier alpha value is -1.77. The third-order valence-electron chi connectivity index (χ3n) is 2.88. The highest BCUT2D eigenvalue weighted by atomic mass is 16.1. The maximum atomic E-state index is 11.0. The molecule has 1 atom stereocenters. The van der Waals surface area contributed by atoms with Gasteiger partial charge in [-0.05, 0) is 30.5 Å². The second kappa shape index (κ2) is 4.00. The molecule has 0 aliphatic carbocycles. The first kappa shape index (κ1) is 10.7. The molecule has 3 heteroatoms. The Bertz CT molecular complexity index is 528. The topological polar surface area (TPSA) is 48.0 Å². The number of aryl methyl sites for hydroxylation is 1. The molecular formula is C13H16N2O. The Morgan fingerprint density at radius 2 is 2.19 bits per heavy atom. The van der Waals surface area contributed by atoms with Crippen molar-refractivity contribution in [1.82, 2.24) is 4.57 Å². The molecule has 0 saturated carbocycles. The summed E-state index contributed by atoms with van der Waals surface area (Å²) in [4.78, 5) is 11.0. The van der Waals surface area contributed by atoms with Crippen LogP contribution < -0.4 is 5.73 Å². The van der Waals surface area contributed by atoms with Crippen LogP contribution >= 0.6 is 0 Å². The molecule has 0 fully saturated rings. The lowest BCUT2D eigenvalue weighted by Crippen LogP contribution is -2.24. The number of hydrogen-bond acceptors (Lipinski definition) is 1. The van der Waals surface area contributed by atoms with E-state index in [4.69, 9.17) is 5.73 Å². The predicted octanol–water partition coefficient (Wildman–Crippen LogP) is 2.07. The average molecular weight is 216 g/mol. The van der Waals surface area contributed by atoms with E-state index in [-0.39, 0.29) is 11.8 Å². The summed E-state index contributed by atoms with van der Waals surface area (Å²) < 4.78 is 2.07. The van der Waals surface area contributed by atoms with Crippen molar-refractivity contribution < 1.29 is 4.79 Å².